The molecule has 0 aromatic rings. The third kappa shape index (κ3) is 3.40. The highest BCUT2D eigenvalue weighted by Crippen LogP contribution is 2.39. The molecule has 0 bridgehead atoms. The number of nitrogens with one attached hydrogen (secondary N) is 1. The minimum Gasteiger partial charge on any atom is -0.317 e. The molecular formula is C12H21F2N. The lowest BCUT2D eigenvalue weighted by atomic mass is 9.79. The van der Waals surface area contributed by atoms with E-state index >= 15 is 0 Å². The molecule has 0 atom stereocenters. The fourth-order valence-electron chi connectivity index (χ4n) is 2.92. The van der Waals surface area contributed by atoms with Crippen LogP contribution in [0.2, 0.25) is 0 Å². The second-order valence-electron chi connectivity index (χ2n) is 5.23. The predicted molar refractivity (Wildman–Crippen MR) is 57.1 cm³/mol. The van der Waals surface area contributed by atoms with Gasteiger partial charge in [0.25, 0.3) is 0 Å². The Kier molecular flexibility index (Phi) is 3.60. The molecule has 0 amide bonds. The van der Waals surface area contributed by atoms with Crippen LogP contribution in [0.5, 0.6) is 0 Å². The van der Waals surface area contributed by atoms with Gasteiger partial charge in [-0.05, 0) is 57.0 Å². The Hall–Kier alpha value is -0.180. The number of halogens is 2. The van der Waals surface area contributed by atoms with Gasteiger partial charge in [0.1, 0.15) is 0 Å². The molecule has 3 heteroatoms. The van der Waals surface area contributed by atoms with Crippen molar-refractivity contribution >= 4 is 0 Å². The molecule has 1 nitrogen and oxygen atoms in total. The van der Waals surface area contributed by atoms with E-state index in [9.17, 15) is 8.78 Å². The van der Waals surface area contributed by atoms with Crippen molar-refractivity contribution in [2.24, 2.45) is 11.8 Å². The number of rotatable bonds is 2. The van der Waals surface area contributed by atoms with E-state index in [1.54, 1.807) is 0 Å². The fourth-order valence-corrected chi connectivity index (χ4v) is 2.92. The molecule has 1 heterocycles. The molecule has 0 aromatic carbocycles. The van der Waals surface area contributed by atoms with Crippen molar-refractivity contribution in [1.29, 1.82) is 0 Å². The van der Waals surface area contributed by atoms with Crippen molar-refractivity contribution in [3.05, 3.63) is 0 Å². The van der Waals surface area contributed by atoms with Gasteiger partial charge in [0.2, 0.25) is 5.92 Å². The molecule has 0 radical (unpaired) electrons. The lowest BCUT2D eigenvalue weighted by Gasteiger charge is -2.32. The molecule has 1 saturated heterocycles. The molecule has 1 saturated carbocycles. The van der Waals surface area contributed by atoms with Gasteiger partial charge in [-0.3, -0.25) is 0 Å². The third-order valence-electron chi connectivity index (χ3n) is 3.96. The molecule has 0 unspecified atom stereocenters. The lowest BCUT2D eigenvalue weighted by Crippen LogP contribution is -2.31. The maximum atomic E-state index is 12.9. The summed E-state index contributed by atoms with van der Waals surface area (Å²) in [5.74, 6) is -0.986. The highest BCUT2D eigenvalue weighted by molar-refractivity contribution is 4.80. The second-order valence-corrected chi connectivity index (χ2v) is 5.23. The minimum absolute atomic E-state index is 0.128. The van der Waals surface area contributed by atoms with Crippen molar-refractivity contribution in [2.75, 3.05) is 13.1 Å². The van der Waals surface area contributed by atoms with Crippen molar-refractivity contribution in [3.63, 3.8) is 0 Å². The van der Waals surface area contributed by atoms with Crippen LogP contribution >= 0.6 is 0 Å². The average Bonchev–Trinajstić information content (AvgIpc) is 2.23. The van der Waals surface area contributed by atoms with E-state index in [2.05, 4.69) is 5.32 Å². The number of hydrogen-bond donors (Lipinski definition) is 1. The standard InChI is InChI=1S/C12H21F2N/c13-12(14)5-1-10(2-6-12)9-11-3-7-15-8-4-11/h10-11,15H,1-9H2. The Morgan fingerprint density at radius 2 is 1.47 bits per heavy atom. The van der Waals surface area contributed by atoms with Crippen LogP contribution < -0.4 is 5.32 Å². The van der Waals surface area contributed by atoms with Crippen molar-refractivity contribution in [3.8, 4) is 0 Å². The zero-order valence-electron chi connectivity index (χ0n) is 9.27. The summed E-state index contributed by atoms with van der Waals surface area (Å²) in [6, 6.07) is 0. The smallest absolute Gasteiger partial charge is 0.248 e. The highest BCUT2D eigenvalue weighted by atomic mass is 19.3. The van der Waals surface area contributed by atoms with E-state index in [1.807, 2.05) is 0 Å². The topological polar surface area (TPSA) is 12.0 Å². The molecule has 88 valence electrons. The van der Waals surface area contributed by atoms with Gasteiger partial charge in [-0.25, -0.2) is 8.78 Å². The summed E-state index contributed by atoms with van der Waals surface area (Å²) < 4.78 is 25.9. The molecular weight excluding hydrogens is 196 g/mol. The quantitative estimate of drug-likeness (QED) is 0.749. The van der Waals surface area contributed by atoms with Gasteiger partial charge in [0.05, 0.1) is 0 Å². The first-order valence-corrected chi connectivity index (χ1v) is 6.24. The highest BCUT2D eigenvalue weighted by Gasteiger charge is 2.35. The first kappa shape index (κ1) is 11.3. The van der Waals surface area contributed by atoms with E-state index in [-0.39, 0.29) is 12.8 Å². The Labute approximate surface area is 90.6 Å². The van der Waals surface area contributed by atoms with Crippen LogP contribution in [0.4, 0.5) is 8.78 Å². The van der Waals surface area contributed by atoms with Crippen molar-refractivity contribution < 1.29 is 8.78 Å². The van der Waals surface area contributed by atoms with Gasteiger partial charge in [0.15, 0.2) is 0 Å². The Bertz CT molecular complexity index is 190. The van der Waals surface area contributed by atoms with Gasteiger partial charge in [-0.1, -0.05) is 0 Å². The van der Waals surface area contributed by atoms with Crippen LogP contribution in [0, 0.1) is 11.8 Å². The summed E-state index contributed by atoms with van der Waals surface area (Å²) in [6.45, 7) is 2.24. The maximum absolute atomic E-state index is 12.9. The van der Waals surface area contributed by atoms with Gasteiger partial charge in [0, 0.05) is 12.8 Å². The molecule has 0 spiro atoms. The van der Waals surface area contributed by atoms with E-state index in [0.717, 1.165) is 31.8 Å². The van der Waals surface area contributed by atoms with Gasteiger partial charge in [-0.15, -0.1) is 0 Å². The number of hydrogen-bond acceptors (Lipinski definition) is 1. The summed E-state index contributed by atoms with van der Waals surface area (Å²) in [5, 5.41) is 3.35. The molecule has 0 aromatic heterocycles. The van der Waals surface area contributed by atoms with Gasteiger partial charge < -0.3 is 5.32 Å². The lowest BCUT2D eigenvalue weighted by molar-refractivity contribution is -0.0483. The fraction of sp³-hybridized carbons (Fsp3) is 1.00. The van der Waals surface area contributed by atoms with E-state index in [4.69, 9.17) is 0 Å². The first-order chi connectivity index (χ1) is 7.16. The maximum Gasteiger partial charge on any atom is 0.248 e. The third-order valence-corrected chi connectivity index (χ3v) is 3.96. The Morgan fingerprint density at radius 1 is 0.933 bits per heavy atom. The van der Waals surface area contributed by atoms with Gasteiger partial charge >= 0.3 is 0 Å². The normalized spacial score (nSPS) is 29.2. The van der Waals surface area contributed by atoms with Crippen molar-refractivity contribution in [2.45, 2.75) is 50.9 Å². The molecule has 1 aliphatic carbocycles. The summed E-state index contributed by atoms with van der Waals surface area (Å²) in [5.41, 5.74) is 0. The van der Waals surface area contributed by atoms with Crippen LogP contribution in [-0.4, -0.2) is 19.0 Å². The van der Waals surface area contributed by atoms with Crippen LogP contribution in [0.1, 0.15) is 44.9 Å². The van der Waals surface area contributed by atoms with Crippen LogP contribution in [0.25, 0.3) is 0 Å². The van der Waals surface area contributed by atoms with Crippen LogP contribution in [0.3, 0.4) is 0 Å². The van der Waals surface area contributed by atoms with E-state index in [1.165, 1.54) is 19.3 Å². The largest absolute Gasteiger partial charge is 0.317 e. The summed E-state index contributed by atoms with van der Waals surface area (Å²) in [6.07, 6.45) is 5.43. The predicted octanol–water partition coefficient (Wildman–Crippen LogP) is 3.20. The van der Waals surface area contributed by atoms with Gasteiger partial charge in [-0.2, -0.15) is 0 Å². The van der Waals surface area contributed by atoms with E-state index < -0.39 is 5.92 Å². The number of piperidine rings is 1. The molecule has 2 rings (SSSR count). The second kappa shape index (κ2) is 4.77. The monoisotopic (exact) mass is 217 g/mol. The number of alkyl halides is 2. The minimum atomic E-state index is -2.36. The summed E-state index contributed by atoms with van der Waals surface area (Å²) >= 11 is 0. The Morgan fingerprint density at radius 3 is 2.07 bits per heavy atom. The summed E-state index contributed by atoms with van der Waals surface area (Å²) in [7, 11) is 0. The molecule has 2 aliphatic rings. The zero-order chi connectivity index (χ0) is 10.7. The Balaban J connectivity index is 1.71. The molecule has 2 fully saturated rings. The zero-order valence-corrected chi connectivity index (χ0v) is 9.27. The molecule has 1 N–H and O–H groups in total. The summed E-state index contributed by atoms with van der Waals surface area (Å²) in [4.78, 5) is 0. The SMILES string of the molecule is FC1(F)CCC(CC2CCNCC2)CC1. The average molecular weight is 217 g/mol. The molecule has 1 aliphatic heterocycles. The van der Waals surface area contributed by atoms with Crippen LogP contribution in [0.15, 0.2) is 0 Å². The van der Waals surface area contributed by atoms with E-state index in [0.29, 0.717) is 5.92 Å². The van der Waals surface area contributed by atoms with Crippen LogP contribution in [-0.2, 0) is 0 Å². The van der Waals surface area contributed by atoms with Crippen molar-refractivity contribution in [1.82, 2.24) is 5.32 Å². The first-order valence-electron chi connectivity index (χ1n) is 6.24. The molecule has 15 heavy (non-hydrogen) atoms.